The molecule has 20 nitrogen and oxygen atoms in total. The standard InChI is InChI=1S/C22H25Cl2N7O3S.C19H18Cl3N5O3S.C3H8N2.CH4/c1-35(33,34)28-16-7-6-14(23)11-15(16)22(32)29-9-3-2-5-18(29)17-12-20-26-19(24)13-21(31(20)27-17)30-10-4-8-25-30;1-31(29,30)25-13-6-5-11(20)8-12(13)19(28)26-7-3-2-4-15(26)14-9-18-23-16(21)10-17(22)27(18)24-14;1-2-4-5-3-1;/h6-7,11-13,18,25,28H,2-5,8-10H2,1H3;5-6,8-10,15,25H,2-4,7H2,1H3;4-5H,1-3H2;1H4/t18-;15-;;/m00../s1. The molecule has 27 heteroatoms. The third-order valence-electron chi connectivity index (χ3n) is 11.9. The van der Waals surface area contributed by atoms with Crippen LogP contribution in [-0.2, 0) is 20.0 Å². The molecule has 5 N–H and O–H groups in total. The van der Waals surface area contributed by atoms with Gasteiger partial charge in [0.2, 0.25) is 20.0 Å². The van der Waals surface area contributed by atoms with Crippen molar-refractivity contribution in [3.05, 3.63) is 109 Å². The number of sulfonamides is 2. The summed E-state index contributed by atoms with van der Waals surface area (Å²) in [5.74, 6) is 0.132. The van der Waals surface area contributed by atoms with Gasteiger partial charge >= 0.3 is 0 Å². The number of piperidine rings is 2. The van der Waals surface area contributed by atoms with Gasteiger partial charge in [-0.05, 0) is 87.8 Å². The van der Waals surface area contributed by atoms with Crippen LogP contribution in [0.1, 0.15) is 103 Å². The maximum atomic E-state index is 13.7. The number of hydrogen-bond acceptors (Lipinski definition) is 14. The molecule has 6 aromatic rings. The third kappa shape index (κ3) is 13.5. The van der Waals surface area contributed by atoms with Crippen molar-refractivity contribution in [2.24, 2.45) is 0 Å². The van der Waals surface area contributed by atoms with Crippen LogP contribution in [0, 0.1) is 0 Å². The van der Waals surface area contributed by atoms with E-state index in [4.69, 9.17) is 63.1 Å². The third-order valence-corrected chi connectivity index (χ3v) is 14.2. The van der Waals surface area contributed by atoms with Crippen molar-refractivity contribution < 1.29 is 26.4 Å². The van der Waals surface area contributed by atoms with Crippen LogP contribution in [-0.4, -0.2) is 119 Å². The van der Waals surface area contributed by atoms with E-state index in [0.29, 0.717) is 62.5 Å². The van der Waals surface area contributed by atoms with Crippen LogP contribution in [0.4, 0.5) is 17.2 Å². The van der Waals surface area contributed by atoms with Crippen LogP contribution in [0.25, 0.3) is 11.3 Å². The minimum atomic E-state index is -3.59. The van der Waals surface area contributed by atoms with Crippen molar-refractivity contribution in [3.8, 4) is 0 Å². The van der Waals surface area contributed by atoms with Gasteiger partial charge in [0.25, 0.3) is 11.8 Å². The smallest absolute Gasteiger partial charge is 0.256 e. The summed E-state index contributed by atoms with van der Waals surface area (Å²) >= 11 is 30.8. The van der Waals surface area contributed by atoms with E-state index in [2.05, 4.69) is 40.8 Å². The maximum absolute atomic E-state index is 13.7. The van der Waals surface area contributed by atoms with Crippen LogP contribution in [0.3, 0.4) is 0 Å². The normalized spacial score (nSPS) is 18.2. The number of amides is 2. The number of anilines is 3. The molecule has 388 valence electrons. The Kier molecular flexibility index (Phi) is 18.1. The number of aromatic nitrogens is 6. The molecule has 8 heterocycles. The molecule has 0 radical (unpaired) electrons. The molecular weight excluding hydrogens is 1070 g/mol. The molecular formula is C45H55Cl5N14O6S2. The molecule has 2 amide bonds. The molecule has 0 bridgehead atoms. The number of hydrazine groups is 2. The minimum absolute atomic E-state index is 0. The van der Waals surface area contributed by atoms with Gasteiger partial charge < -0.3 is 9.80 Å². The topological polar surface area (TPSA) is 233 Å². The van der Waals surface area contributed by atoms with E-state index in [-0.39, 0.29) is 59.0 Å². The summed E-state index contributed by atoms with van der Waals surface area (Å²) in [6, 6.07) is 15.2. The van der Waals surface area contributed by atoms with Crippen LogP contribution in [0.2, 0.25) is 25.5 Å². The largest absolute Gasteiger partial charge is 0.330 e. The molecule has 4 aliphatic rings. The Morgan fingerprint density at radius 3 is 1.54 bits per heavy atom. The Bertz CT molecular complexity index is 3160. The molecule has 2 atom stereocenters. The molecule has 0 unspecified atom stereocenters. The van der Waals surface area contributed by atoms with E-state index in [9.17, 15) is 26.4 Å². The lowest BCUT2D eigenvalue weighted by atomic mass is 9.98. The van der Waals surface area contributed by atoms with Crippen molar-refractivity contribution in [1.82, 2.24) is 55.3 Å². The van der Waals surface area contributed by atoms with Crippen LogP contribution >= 0.6 is 58.0 Å². The Hall–Kier alpha value is -4.75. The number of nitrogens with zero attached hydrogens (tertiary/aromatic N) is 9. The molecule has 4 fully saturated rings. The summed E-state index contributed by atoms with van der Waals surface area (Å²) in [4.78, 5) is 39.3. The van der Waals surface area contributed by atoms with Crippen molar-refractivity contribution in [2.45, 2.75) is 70.9 Å². The van der Waals surface area contributed by atoms with Gasteiger partial charge in [0.05, 0.1) is 58.5 Å². The molecule has 10 rings (SSSR count). The Balaban J connectivity index is 0.000000191. The highest BCUT2D eigenvalue weighted by molar-refractivity contribution is 7.92. The van der Waals surface area contributed by atoms with E-state index in [1.54, 1.807) is 32.5 Å². The van der Waals surface area contributed by atoms with E-state index in [1.165, 1.54) is 47.3 Å². The Morgan fingerprint density at radius 2 is 1.08 bits per heavy atom. The quantitative estimate of drug-likeness (QED) is 0.0863. The summed E-state index contributed by atoms with van der Waals surface area (Å²) in [5, 5.41) is 12.9. The fraction of sp³-hybridized carbons (Fsp3) is 0.422. The second-order valence-electron chi connectivity index (χ2n) is 17.3. The van der Waals surface area contributed by atoms with Gasteiger partial charge in [0, 0.05) is 73.6 Å². The van der Waals surface area contributed by atoms with Gasteiger partial charge in [-0.2, -0.15) is 14.7 Å². The number of benzene rings is 2. The number of halogens is 5. The Morgan fingerprint density at radius 1 is 0.597 bits per heavy atom. The van der Waals surface area contributed by atoms with Crippen molar-refractivity contribution in [1.29, 1.82) is 0 Å². The first kappa shape index (κ1) is 55.0. The molecule has 72 heavy (non-hydrogen) atoms. The number of hydrogen-bond donors (Lipinski definition) is 5. The predicted molar refractivity (Wildman–Crippen MR) is 283 cm³/mol. The summed E-state index contributed by atoms with van der Waals surface area (Å²) in [5.41, 5.74) is 12.4. The van der Waals surface area contributed by atoms with Crippen molar-refractivity contribution in [2.75, 3.05) is 66.2 Å². The highest BCUT2D eigenvalue weighted by Crippen LogP contribution is 2.37. The predicted octanol–water partition coefficient (Wildman–Crippen LogP) is 8.04. The van der Waals surface area contributed by atoms with E-state index < -0.39 is 20.0 Å². The number of rotatable bonds is 9. The van der Waals surface area contributed by atoms with Gasteiger partial charge in [-0.15, -0.1) is 0 Å². The lowest BCUT2D eigenvalue weighted by Crippen LogP contribution is -2.39. The molecule has 4 saturated heterocycles. The summed E-state index contributed by atoms with van der Waals surface area (Å²) in [6.07, 6.45) is 9.25. The number of fused-ring (bicyclic) bond motifs is 2. The van der Waals surface area contributed by atoms with Gasteiger partial charge in [0.1, 0.15) is 21.3 Å². The van der Waals surface area contributed by atoms with Crippen LogP contribution < -0.4 is 30.7 Å². The first-order valence-electron chi connectivity index (χ1n) is 22.7. The minimum Gasteiger partial charge on any atom is -0.330 e. The molecule has 0 aliphatic carbocycles. The summed E-state index contributed by atoms with van der Waals surface area (Å²) in [6.45, 7) is 4.97. The summed E-state index contributed by atoms with van der Waals surface area (Å²) < 4.78 is 55.3. The molecule has 0 spiro atoms. The average Bonchev–Trinajstić information content (AvgIpc) is 4.18. The van der Waals surface area contributed by atoms with Crippen LogP contribution in [0.15, 0.2) is 60.7 Å². The highest BCUT2D eigenvalue weighted by atomic mass is 35.5. The number of likely N-dealkylation sites (tertiary alicyclic amines) is 2. The second kappa shape index (κ2) is 23.6. The molecule has 2 aromatic carbocycles. The molecule has 0 saturated carbocycles. The Labute approximate surface area is 443 Å². The zero-order valence-corrected chi connectivity index (χ0v) is 43.9. The van der Waals surface area contributed by atoms with Crippen molar-refractivity contribution in [3.63, 3.8) is 0 Å². The van der Waals surface area contributed by atoms with Gasteiger partial charge in [-0.25, -0.2) is 36.7 Å². The van der Waals surface area contributed by atoms with Crippen LogP contribution in [0.5, 0.6) is 0 Å². The highest BCUT2D eigenvalue weighted by Gasteiger charge is 2.34. The zero-order valence-electron chi connectivity index (χ0n) is 38.5. The van der Waals surface area contributed by atoms with Crippen molar-refractivity contribution >= 4 is 118 Å². The lowest BCUT2D eigenvalue weighted by Gasteiger charge is -2.35. The maximum Gasteiger partial charge on any atom is 0.256 e. The zero-order chi connectivity index (χ0) is 50.6. The monoisotopic (exact) mass is 1130 g/mol. The SMILES string of the molecule is C.C1CNNC1.CS(=O)(=O)Nc1ccc(Cl)cc1C(=O)N1CCCC[C@H]1c1cc2nc(Cl)cc(Cl)n2n1.CS(=O)(=O)Nc1ccc(Cl)cc1C(=O)N1CCCC[C@H]1c1cc2nc(Cl)cc(N3CCCN3)n2n1. The van der Waals surface area contributed by atoms with Gasteiger partial charge in [-0.1, -0.05) is 65.4 Å². The fourth-order valence-electron chi connectivity index (χ4n) is 8.80. The van der Waals surface area contributed by atoms with Gasteiger partial charge in [0.15, 0.2) is 11.3 Å². The summed E-state index contributed by atoms with van der Waals surface area (Å²) in [7, 11) is -7.17. The molecule has 4 aliphatic heterocycles. The first-order chi connectivity index (χ1) is 33.8. The van der Waals surface area contributed by atoms with E-state index in [0.717, 1.165) is 83.0 Å². The first-order valence-corrected chi connectivity index (χ1v) is 28.4. The van der Waals surface area contributed by atoms with Gasteiger partial charge in [-0.3, -0.25) is 34.9 Å². The number of carbonyl (C=O) groups is 2. The lowest BCUT2D eigenvalue weighted by molar-refractivity contribution is 0.0600. The molecule has 4 aromatic heterocycles. The van der Waals surface area contributed by atoms with E-state index in [1.807, 2.05) is 11.1 Å². The van der Waals surface area contributed by atoms with E-state index >= 15 is 0 Å². The number of carbonyl (C=O) groups excluding carboxylic acids is 2. The average molecular weight is 1130 g/mol. The second-order valence-corrected chi connectivity index (χ2v) is 22.8. The number of nitrogens with one attached hydrogen (secondary N) is 5. The fourth-order valence-corrected chi connectivity index (χ4v) is 11.0.